The lowest BCUT2D eigenvalue weighted by molar-refractivity contribution is 0.765. The molecule has 0 radical (unpaired) electrons. The highest BCUT2D eigenvalue weighted by atomic mass is 79.9. The lowest BCUT2D eigenvalue weighted by atomic mass is 10.00. The van der Waals surface area contributed by atoms with E-state index in [1.807, 2.05) is 0 Å². The van der Waals surface area contributed by atoms with E-state index in [0.29, 0.717) is 0 Å². The molecule has 0 saturated heterocycles. The van der Waals surface area contributed by atoms with Crippen molar-refractivity contribution in [2.75, 3.05) is 11.4 Å². The van der Waals surface area contributed by atoms with E-state index in [1.165, 1.54) is 40.9 Å². The van der Waals surface area contributed by atoms with Crippen molar-refractivity contribution in [3.05, 3.63) is 59.2 Å². The van der Waals surface area contributed by atoms with Gasteiger partial charge in [0, 0.05) is 23.2 Å². The first-order chi connectivity index (χ1) is 9.29. The number of aryl methyl sites for hydroxylation is 2. The first kappa shape index (κ1) is 12.7. The first-order valence-electron chi connectivity index (χ1n) is 6.80. The Morgan fingerprint density at radius 2 is 1.95 bits per heavy atom. The Balaban J connectivity index is 2.04. The summed E-state index contributed by atoms with van der Waals surface area (Å²) >= 11 is 3.52. The number of hydrogen-bond acceptors (Lipinski definition) is 1. The molecule has 1 aliphatic rings. The van der Waals surface area contributed by atoms with Gasteiger partial charge in [-0.1, -0.05) is 46.3 Å². The van der Waals surface area contributed by atoms with E-state index >= 15 is 0 Å². The molecule has 2 aromatic rings. The molecule has 0 saturated carbocycles. The van der Waals surface area contributed by atoms with Crippen LogP contribution in [0.15, 0.2) is 42.5 Å². The van der Waals surface area contributed by atoms with Gasteiger partial charge in [-0.05, 0) is 48.6 Å². The zero-order chi connectivity index (χ0) is 13.2. The summed E-state index contributed by atoms with van der Waals surface area (Å²) in [5, 5.41) is 0.921. The van der Waals surface area contributed by atoms with Crippen LogP contribution >= 0.6 is 15.9 Å². The monoisotopic (exact) mass is 315 g/mol. The van der Waals surface area contributed by atoms with Gasteiger partial charge < -0.3 is 4.90 Å². The van der Waals surface area contributed by atoms with Crippen LogP contribution in [0.1, 0.15) is 23.1 Å². The molecular weight excluding hydrogens is 298 g/mol. The Hall–Kier alpha value is -1.28. The van der Waals surface area contributed by atoms with Gasteiger partial charge in [-0.3, -0.25) is 0 Å². The molecule has 19 heavy (non-hydrogen) atoms. The molecule has 0 spiro atoms. The molecule has 0 unspecified atom stereocenters. The van der Waals surface area contributed by atoms with E-state index in [0.717, 1.165) is 11.9 Å². The predicted octanol–water partition coefficient (Wildman–Crippen LogP) is 4.97. The first-order valence-corrected chi connectivity index (χ1v) is 7.92. The molecule has 2 aromatic carbocycles. The van der Waals surface area contributed by atoms with Gasteiger partial charge in [0.1, 0.15) is 0 Å². The fourth-order valence-electron chi connectivity index (χ4n) is 2.89. The summed E-state index contributed by atoms with van der Waals surface area (Å²) in [4.78, 5) is 2.46. The molecule has 1 heterocycles. The molecule has 0 fully saturated rings. The highest BCUT2D eigenvalue weighted by Gasteiger charge is 2.18. The minimum absolute atomic E-state index is 0.921. The number of para-hydroxylation sites is 1. The van der Waals surface area contributed by atoms with Crippen LogP contribution in [0.25, 0.3) is 0 Å². The highest BCUT2D eigenvalue weighted by molar-refractivity contribution is 9.08. The second-order valence-corrected chi connectivity index (χ2v) is 5.70. The summed E-state index contributed by atoms with van der Waals surface area (Å²) in [6, 6.07) is 15.5. The van der Waals surface area contributed by atoms with Gasteiger partial charge in [0.2, 0.25) is 0 Å². The minimum Gasteiger partial charge on any atom is -0.341 e. The molecule has 2 heteroatoms. The number of hydrogen-bond donors (Lipinski definition) is 0. The summed E-state index contributed by atoms with van der Waals surface area (Å²) in [6.45, 7) is 3.32. The number of rotatable bonds is 2. The summed E-state index contributed by atoms with van der Waals surface area (Å²) in [6.07, 6.45) is 2.43. The molecule has 98 valence electrons. The van der Waals surface area contributed by atoms with Gasteiger partial charge in [-0.25, -0.2) is 0 Å². The Kier molecular flexibility index (Phi) is 3.61. The van der Waals surface area contributed by atoms with Crippen LogP contribution in [0.3, 0.4) is 0 Å². The van der Waals surface area contributed by atoms with Crippen LogP contribution in [0.2, 0.25) is 0 Å². The number of benzene rings is 2. The zero-order valence-corrected chi connectivity index (χ0v) is 12.8. The van der Waals surface area contributed by atoms with Crippen LogP contribution in [-0.4, -0.2) is 6.54 Å². The Bertz CT molecular complexity index is 592. The maximum absolute atomic E-state index is 3.52. The van der Waals surface area contributed by atoms with E-state index < -0.39 is 0 Å². The second kappa shape index (κ2) is 5.38. The van der Waals surface area contributed by atoms with Gasteiger partial charge in [0.05, 0.1) is 0 Å². The third-order valence-corrected chi connectivity index (χ3v) is 4.46. The topological polar surface area (TPSA) is 3.24 Å². The molecule has 0 aromatic heterocycles. The molecule has 1 nitrogen and oxygen atoms in total. The fraction of sp³-hybridized carbons (Fsp3) is 0.294. The fourth-order valence-corrected chi connectivity index (χ4v) is 3.24. The van der Waals surface area contributed by atoms with Crippen LogP contribution in [0.5, 0.6) is 0 Å². The Morgan fingerprint density at radius 1 is 1.11 bits per heavy atom. The van der Waals surface area contributed by atoms with E-state index in [-0.39, 0.29) is 0 Å². The molecule has 0 aliphatic carbocycles. The van der Waals surface area contributed by atoms with E-state index in [9.17, 15) is 0 Å². The van der Waals surface area contributed by atoms with Crippen molar-refractivity contribution >= 4 is 27.3 Å². The normalized spacial score (nSPS) is 14.3. The van der Waals surface area contributed by atoms with Crippen molar-refractivity contribution in [2.45, 2.75) is 25.1 Å². The quantitative estimate of drug-likeness (QED) is 0.707. The highest BCUT2D eigenvalue weighted by Crippen LogP contribution is 2.35. The van der Waals surface area contributed by atoms with Crippen molar-refractivity contribution in [3.63, 3.8) is 0 Å². The van der Waals surface area contributed by atoms with Crippen molar-refractivity contribution in [1.82, 2.24) is 0 Å². The van der Waals surface area contributed by atoms with Crippen molar-refractivity contribution < 1.29 is 0 Å². The van der Waals surface area contributed by atoms with Gasteiger partial charge in [0.25, 0.3) is 0 Å². The van der Waals surface area contributed by atoms with E-state index in [1.54, 1.807) is 0 Å². The second-order valence-electron chi connectivity index (χ2n) is 5.14. The smallest absolute Gasteiger partial charge is 0.0443 e. The van der Waals surface area contributed by atoms with Crippen molar-refractivity contribution in [3.8, 4) is 0 Å². The van der Waals surface area contributed by atoms with Gasteiger partial charge in [-0.2, -0.15) is 0 Å². The van der Waals surface area contributed by atoms with Gasteiger partial charge >= 0.3 is 0 Å². The van der Waals surface area contributed by atoms with Gasteiger partial charge in [-0.15, -0.1) is 0 Å². The molecule has 0 bridgehead atoms. The SMILES string of the molecule is Cc1cc(CBr)ccc1N1CCCc2ccccc21. The zero-order valence-electron chi connectivity index (χ0n) is 11.2. The molecule has 1 aliphatic heterocycles. The van der Waals surface area contributed by atoms with E-state index in [2.05, 4.69) is 70.2 Å². The summed E-state index contributed by atoms with van der Waals surface area (Å²) in [7, 11) is 0. The maximum Gasteiger partial charge on any atom is 0.0443 e. The lowest BCUT2D eigenvalue weighted by Gasteiger charge is -2.32. The van der Waals surface area contributed by atoms with Crippen LogP contribution in [-0.2, 0) is 11.8 Å². The average Bonchev–Trinajstić information content (AvgIpc) is 2.46. The molecule has 0 amide bonds. The van der Waals surface area contributed by atoms with Crippen molar-refractivity contribution in [2.24, 2.45) is 0 Å². The lowest BCUT2D eigenvalue weighted by Crippen LogP contribution is -2.25. The molecular formula is C17H18BrN. The number of halogens is 1. The Morgan fingerprint density at radius 3 is 2.74 bits per heavy atom. The molecule has 3 rings (SSSR count). The predicted molar refractivity (Wildman–Crippen MR) is 85.6 cm³/mol. The Labute approximate surface area is 123 Å². The third kappa shape index (κ3) is 2.42. The van der Waals surface area contributed by atoms with Gasteiger partial charge in [0.15, 0.2) is 0 Å². The van der Waals surface area contributed by atoms with Crippen LogP contribution in [0.4, 0.5) is 11.4 Å². The average molecular weight is 316 g/mol. The summed E-state index contributed by atoms with van der Waals surface area (Å²) < 4.78 is 0. The maximum atomic E-state index is 3.52. The summed E-state index contributed by atoms with van der Waals surface area (Å²) in [5.41, 5.74) is 6.89. The van der Waals surface area contributed by atoms with Crippen LogP contribution in [0, 0.1) is 6.92 Å². The van der Waals surface area contributed by atoms with Crippen LogP contribution < -0.4 is 4.90 Å². The van der Waals surface area contributed by atoms with Crippen molar-refractivity contribution in [1.29, 1.82) is 0 Å². The largest absolute Gasteiger partial charge is 0.341 e. The third-order valence-electron chi connectivity index (χ3n) is 3.82. The molecule has 0 N–H and O–H groups in total. The minimum atomic E-state index is 0.921. The molecule has 0 atom stereocenters. The standard InChI is InChI=1S/C17H18BrN/c1-13-11-14(12-18)8-9-16(13)19-10-4-6-15-5-2-3-7-17(15)19/h2-3,5,7-9,11H,4,6,10,12H2,1H3. The number of fused-ring (bicyclic) bond motifs is 1. The number of alkyl halides is 1. The number of nitrogens with zero attached hydrogens (tertiary/aromatic N) is 1. The number of anilines is 2. The van der Waals surface area contributed by atoms with E-state index in [4.69, 9.17) is 0 Å². The summed E-state index contributed by atoms with van der Waals surface area (Å²) in [5.74, 6) is 0.